The van der Waals surface area contributed by atoms with Gasteiger partial charge in [-0.15, -0.1) is 0 Å². The third-order valence-electron chi connectivity index (χ3n) is 2.98. The number of hydrogen-bond acceptors (Lipinski definition) is 3. The molecule has 0 unspecified atom stereocenters. The molecule has 0 saturated heterocycles. The maximum atomic E-state index is 5.73. The van der Waals surface area contributed by atoms with Gasteiger partial charge < -0.3 is 4.74 Å². The molecule has 1 aliphatic rings. The van der Waals surface area contributed by atoms with Gasteiger partial charge in [-0.05, 0) is 34.7 Å². The molecule has 0 aliphatic heterocycles. The molecule has 0 atom stereocenters. The Kier molecular flexibility index (Phi) is 4.16. The molecule has 88 valence electrons. The quantitative estimate of drug-likeness (QED) is 0.795. The third kappa shape index (κ3) is 3.17. The Bertz CT molecular complexity index is 351. The van der Waals surface area contributed by atoms with Crippen LogP contribution >= 0.6 is 15.9 Å². The monoisotopic (exact) mass is 284 g/mol. The van der Waals surface area contributed by atoms with Gasteiger partial charge in [-0.25, -0.2) is 4.98 Å². The van der Waals surface area contributed by atoms with E-state index in [9.17, 15) is 0 Å². The van der Waals surface area contributed by atoms with Crippen molar-refractivity contribution >= 4 is 15.9 Å². The normalized spacial score (nSPS) is 16.6. The molecule has 3 nitrogen and oxygen atoms in total. The molecule has 0 bridgehead atoms. The predicted molar refractivity (Wildman–Crippen MR) is 66.6 cm³/mol. The number of hydrogen-bond donors (Lipinski definition) is 0. The number of halogens is 1. The Labute approximate surface area is 105 Å². The first-order valence-corrected chi connectivity index (χ1v) is 6.73. The van der Waals surface area contributed by atoms with Crippen molar-refractivity contribution in [1.82, 2.24) is 9.97 Å². The molecule has 1 heterocycles. The van der Waals surface area contributed by atoms with Crippen LogP contribution in [0.4, 0.5) is 0 Å². The zero-order valence-corrected chi connectivity index (χ0v) is 11.2. The highest BCUT2D eigenvalue weighted by molar-refractivity contribution is 9.10. The van der Waals surface area contributed by atoms with Crippen LogP contribution in [-0.2, 0) is 6.42 Å². The predicted octanol–water partition coefficient (Wildman–Crippen LogP) is 3.37. The lowest BCUT2D eigenvalue weighted by molar-refractivity contribution is 0.242. The molecule has 0 aromatic carbocycles. The second-order valence-electron chi connectivity index (χ2n) is 4.26. The van der Waals surface area contributed by atoms with Crippen molar-refractivity contribution in [3.8, 4) is 5.88 Å². The van der Waals surface area contributed by atoms with Gasteiger partial charge >= 0.3 is 0 Å². The van der Waals surface area contributed by atoms with Crippen LogP contribution in [-0.4, -0.2) is 16.6 Å². The molecule has 0 amide bonds. The van der Waals surface area contributed by atoms with Crippen LogP contribution in [0.1, 0.15) is 38.4 Å². The van der Waals surface area contributed by atoms with Gasteiger partial charge in [-0.2, -0.15) is 4.98 Å². The third-order valence-corrected chi connectivity index (χ3v) is 3.38. The number of rotatable bonds is 4. The average molecular weight is 285 g/mol. The first-order chi connectivity index (χ1) is 7.78. The van der Waals surface area contributed by atoms with E-state index in [0.717, 1.165) is 29.4 Å². The Hall–Kier alpha value is -0.640. The lowest BCUT2D eigenvalue weighted by atomic mass is 10.1. The molecule has 2 rings (SSSR count). The zero-order chi connectivity index (χ0) is 11.4. The van der Waals surface area contributed by atoms with Gasteiger partial charge in [0.1, 0.15) is 10.4 Å². The van der Waals surface area contributed by atoms with Crippen molar-refractivity contribution in [1.29, 1.82) is 0 Å². The second-order valence-corrected chi connectivity index (χ2v) is 5.07. The van der Waals surface area contributed by atoms with Gasteiger partial charge in [0.05, 0.1) is 6.61 Å². The van der Waals surface area contributed by atoms with Gasteiger partial charge in [0, 0.05) is 12.5 Å². The highest BCUT2D eigenvalue weighted by Crippen LogP contribution is 2.25. The number of aryl methyl sites for hydroxylation is 1. The molecular formula is C12H17BrN2O. The summed E-state index contributed by atoms with van der Waals surface area (Å²) >= 11 is 3.38. The summed E-state index contributed by atoms with van der Waals surface area (Å²) in [5, 5.41) is 0. The second kappa shape index (κ2) is 5.62. The Morgan fingerprint density at radius 1 is 1.38 bits per heavy atom. The molecule has 0 radical (unpaired) electrons. The molecule has 1 fully saturated rings. The smallest absolute Gasteiger partial charge is 0.217 e. The lowest BCUT2D eigenvalue weighted by Gasteiger charge is -2.11. The molecule has 1 saturated carbocycles. The summed E-state index contributed by atoms with van der Waals surface area (Å²) < 4.78 is 6.54. The number of nitrogens with zero attached hydrogens (tertiary/aromatic N) is 2. The van der Waals surface area contributed by atoms with Crippen LogP contribution in [0.3, 0.4) is 0 Å². The highest BCUT2D eigenvalue weighted by atomic mass is 79.9. The molecule has 0 N–H and O–H groups in total. The van der Waals surface area contributed by atoms with E-state index in [2.05, 4.69) is 25.9 Å². The van der Waals surface area contributed by atoms with Gasteiger partial charge in [0.15, 0.2) is 0 Å². The van der Waals surface area contributed by atoms with Crippen molar-refractivity contribution in [2.75, 3.05) is 6.61 Å². The van der Waals surface area contributed by atoms with Crippen LogP contribution in [0.15, 0.2) is 10.7 Å². The van der Waals surface area contributed by atoms with E-state index >= 15 is 0 Å². The summed E-state index contributed by atoms with van der Waals surface area (Å²) in [4.78, 5) is 8.61. The molecule has 1 aromatic rings. The minimum absolute atomic E-state index is 0.700. The van der Waals surface area contributed by atoms with Gasteiger partial charge in [0.25, 0.3) is 0 Å². The Morgan fingerprint density at radius 3 is 2.81 bits per heavy atom. The van der Waals surface area contributed by atoms with E-state index in [1.807, 2.05) is 13.0 Å². The summed E-state index contributed by atoms with van der Waals surface area (Å²) in [6, 6.07) is 1.84. The van der Waals surface area contributed by atoms with Crippen molar-refractivity contribution in [3.05, 3.63) is 16.5 Å². The van der Waals surface area contributed by atoms with E-state index in [4.69, 9.17) is 4.74 Å². The van der Waals surface area contributed by atoms with Crippen molar-refractivity contribution in [3.63, 3.8) is 0 Å². The largest absolute Gasteiger partial charge is 0.477 e. The fourth-order valence-electron chi connectivity index (χ4n) is 2.05. The summed E-state index contributed by atoms with van der Waals surface area (Å²) in [6.07, 6.45) is 6.13. The maximum Gasteiger partial charge on any atom is 0.217 e. The van der Waals surface area contributed by atoms with Crippen LogP contribution in [0.5, 0.6) is 5.88 Å². The first-order valence-electron chi connectivity index (χ1n) is 5.94. The number of ether oxygens (including phenoxy) is 1. The minimum Gasteiger partial charge on any atom is -0.477 e. The fourth-order valence-corrected chi connectivity index (χ4v) is 2.45. The van der Waals surface area contributed by atoms with E-state index < -0.39 is 0 Å². The fraction of sp³-hybridized carbons (Fsp3) is 0.667. The SMILES string of the molecule is CCc1nc(Br)cc(OCC2CCCC2)n1. The summed E-state index contributed by atoms with van der Waals surface area (Å²) in [6.45, 7) is 2.84. The zero-order valence-electron chi connectivity index (χ0n) is 9.58. The average Bonchev–Trinajstić information content (AvgIpc) is 2.78. The van der Waals surface area contributed by atoms with Gasteiger partial charge in [-0.3, -0.25) is 0 Å². The molecular weight excluding hydrogens is 268 g/mol. The molecule has 16 heavy (non-hydrogen) atoms. The lowest BCUT2D eigenvalue weighted by Crippen LogP contribution is -2.09. The van der Waals surface area contributed by atoms with Crippen LogP contribution in [0, 0.1) is 5.92 Å². The minimum atomic E-state index is 0.700. The first kappa shape index (κ1) is 11.8. The van der Waals surface area contributed by atoms with Crippen LogP contribution in [0.2, 0.25) is 0 Å². The summed E-state index contributed by atoms with van der Waals surface area (Å²) in [5.74, 6) is 2.25. The van der Waals surface area contributed by atoms with Crippen LogP contribution < -0.4 is 4.74 Å². The van der Waals surface area contributed by atoms with Gasteiger partial charge in [-0.1, -0.05) is 19.8 Å². The topological polar surface area (TPSA) is 35.0 Å². The van der Waals surface area contributed by atoms with E-state index in [-0.39, 0.29) is 0 Å². The molecule has 4 heteroatoms. The van der Waals surface area contributed by atoms with Crippen molar-refractivity contribution < 1.29 is 4.74 Å². The van der Waals surface area contributed by atoms with Gasteiger partial charge in [0.2, 0.25) is 5.88 Å². The van der Waals surface area contributed by atoms with E-state index in [0.29, 0.717) is 5.88 Å². The molecule has 1 aliphatic carbocycles. The Balaban J connectivity index is 1.94. The van der Waals surface area contributed by atoms with E-state index in [1.54, 1.807) is 0 Å². The molecule has 0 spiro atoms. The molecule has 1 aromatic heterocycles. The number of aromatic nitrogens is 2. The van der Waals surface area contributed by atoms with Crippen LogP contribution in [0.25, 0.3) is 0 Å². The standard InChI is InChI=1S/C12H17BrN2O/c1-2-11-14-10(13)7-12(15-11)16-8-9-5-3-4-6-9/h7,9H,2-6,8H2,1H3. The summed E-state index contributed by atoms with van der Waals surface area (Å²) in [7, 11) is 0. The van der Waals surface area contributed by atoms with Crippen molar-refractivity contribution in [2.24, 2.45) is 5.92 Å². The maximum absolute atomic E-state index is 5.73. The highest BCUT2D eigenvalue weighted by Gasteiger charge is 2.16. The summed E-state index contributed by atoms with van der Waals surface area (Å²) in [5.41, 5.74) is 0. The van der Waals surface area contributed by atoms with Crippen molar-refractivity contribution in [2.45, 2.75) is 39.0 Å². The van der Waals surface area contributed by atoms with E-state index in [1.165, 1.54) is 25.7 Å². The Morgan fingerprint density at radius 2 is 2.12 bits per heavy atom.